The molecule has 0 saturated heterocycles. The summed E-state index contributed by atoms with van der Waals surface area (Å²) in [5.41, 5.74) is 3.73. The summed E-state index contributed by atoms with van der Waals surface area (Å²) < 4.78 is 4.79. The van der Waals surface area contributed by atoms with Gasteiger partial charge in [0.2, 0.25) is 5.91 Å². The van der Waals surface area contributed by atoms with Crippen molar-refractivity contribution in [1.29, 1.82) is 0 Å². The van der Waals surface area contributed by atoms with Crippen LogP contribution in [0.3, 0.4) is 0 Å². The number of benzene rings is 2. The highest BCUT2D eigenvalue weighted by Gasteiger charge is 2.11. The van der Waals surface area contributed by atoms with Gasteiger partial charge in [0, 0.05) is 0 Å². The Morgan fingerprint density at radius 2 is 1.75 bits per heavy atom. The number of amides is 1. The number of aryl methyl sites for hydroxylation is 1. The molecule has 3 aromatic rings. The molecule has 2 N–H and O–H groups in total. The van der Waals surface area contributed by atoms with Crippen LogP contribution in [-0.2, 0) is 16.0 Å². The normalized spacial score (nSPS) is 10.2. The molecule has 0 radical (unpaired) electrons. The molecule has 0 atom stereocenters. The lowest BCUT2D eigenvalue weighted by Crippen LogP contribution is -2.14. The maximum atomic E-state index is 12.2. The highest BCUT2D eigenvalue weighted by molar-refractivity contribution is 5.96. The van der Waals surface area contributed by atoms with Crippen LogP contribution in [0.25, 0.3) is 0 Å². The molecule has 28 heavy (non-hydrogen) atoms. The van der Waals surface area contributed by atoms with E-state index in [1.165, 1.54) is 7.11 Å². The van der Waals surface area contributed by atoms with Crippen molar-refractivity contribution in [3.63, 3.8) is 0 Å². The van der Waals surface area contributed by atoms with Crippen molar-refractivity contribution in [1.82, 2.24) is 4.98 Å². The second-order valence-electron chi connectivity index (χ2n) is 6.30. The third-order valence-corrected chi connectivity index (χ3v) is 4.13. The van der Waals surface area contributed by atoms with Crippen molar-refractivity contribution in [3.8, 4) is 0 Å². The fraction of sp³-hybridized carbons (Fsp3) is 0.136. The van der Waals surface area contributed by atoms with E-state index in [-0.39, 0.29) is 5.91 Å². The van der Waals surface area contributed by atoms with Gasteiger partial charge < -0.3 is 15.4 Å². The van der Waals surface area contributed by atoms with Crippen LogP contribution in [0.4, 0.5) is 17.2 Å². The Hall–Kier alpha value is -3.67. The summed E-state index contributed by atoms with van der Waals surface area (Å²) in [6, 6.07) is 18.4. The van der Waals surface area contributed by atoms with Gasteiger partial charge in [0.15, 0.2) is 0 Å². The van der Waals surface area contributed by atoms with E-state index in [0.717, 1.165) is 11.1 Å². The monoisotopic (exact) mass is 375 g/mol. The number of nitrogens with one attached hydrogen (secondary N) is 2. The minimum absolute atomic E-state index is 0.109. The van der Waals surface area contributed by atoms with Crippen LogP contribution in [0.15, 0.2) is 66.9 Å². The van der Waals surface area contributed by atoms with Crippen LogP contribution in [0, 0.1) is 6.92 Å². The van der Waals surface area contributed by atoms with Gasteiger partial charge in [-0.3, -0.25) is 4.79 Å². The number of carbonyl (C=O) groups is 2. The number of esters is 1. The van der Waals surface area contributed by atoms with Crippen molar-refractivity contribution in [3.05, 3.63) is 83.6 Å². The lowest BCUT2D eigenvalue weighted by atomic mass is 10.1. The zero-order valence-corrected chi connectivity index (χ0v) is 15.7. The van der Waals surface area contributed by atoms with E-state index in [2.05, 4.69) is 15.6 Å². The van der Waals surface area contributed by atoms with E-state index in [0.29, 0.717) is 29.2 Å². The van der Waals surface area contributed by atoms with Crippen LogP contribution >= 0.6 is 0 Å². The zero-order valence-electron chi connectivity index (χ0n) is 15.7. The van der Waals surface area contributed by atoms with Gasteiger partial charge in [-0.05, 0) is 36.8 Å². The Morgan fingerprint density at radius 1 is 1.00 bits per heavy atom. The Balaban J connectivity index is 1.63. The van der Waals surface area contributed by atoms with E-state index in [1.807, 2.05) is 37.3 Å². The smallest absolute Gasteiger partial charge is 0.339 e. The summed E-state index contributed by atoms with van der Waals surface area (Å²) in [5, 5.41) is 5.92. The van der Waals surface area contributed by atoms with Crippen molar-refractivity contribution >= 4 is 29.1 Å². The summed E-state index contributed by atoms with van der Waals surface area (Å²) in [7, 11) is 1.34. The van der Waals surface area contributed by atoms with E-state index in [1.54, 1.807) is 36.5 Å². The molecule has 6 nitrogen and oxygen atoms in total. The summed E-state index contributed by atoms with van der Waals surface area (Å²) in [6.07, 6.45) is 1.86. The second-order valence-corrected chi connectivity index (χ2v) is 6.30. The number of nitrogens with zero attached hydrogens (tertiary/aromatic N) is 1. The van der Waals surface area contributed by atoms with Crippen molar-refractivity contribution in [2.75, 3.05) is 17.7 Å². The molecule has 0 saturated carbocycles. The lowest BCUT2D eigenvalue weighted by Gasteiger charge is -2.11. The summed E-state index contributed by atoms with van der Waals surface area (Å²) in [4.78, 5) is 28.3. The molecular formula is C22H21N3O3. The first-order valence-corrected chi connectivity index (χ1v) is 8.81. The zero-order chi connectivity index (χ0) is 19.9. The van der Waals surface area contributed by atoms with Crippen molar-refractivity contribution in [2.45, 2.75) is 13.3 Å². The Bertz CT molecular complexity index is 967. The third kappa shape index (κ3) is 4.94. The fourth-order valence-corrected chi connectivity index (χ4v) is 2.66. The molecule has 6 heteroatoms. The molecule has 1 aromatic heterocycles. The highest BCUT2D eigenvalue weighted by atomic mass is 16.5. The van der Waals surface area contributed by atoms with E-state index >= 15 is 0 Å². The van der Waals surface area contributed by atoms with Crippen LogP contribution in [0.2, 0.25) is 0 Å². The number of ether oxygens (including phenoxy) is 1. The molecule has 0 spiro atoms. The number of para-hydroxylation sites is 1. The minimum Gasteiger partial charge on any atom is -0.465 e. The average molecular weight is 375 g/mol. The highest BCUT2D eigenvalue weighted by Crippen LogP contribution is 2.21. The predicted octanol–water partition coefficient (Wildman–Crippen LogP) is 4.10. The van der Waals surface area contributed by atoms with Crippen LogP contribution in [-0.4, -0.2) is 24.0 Å². The van der Waals surface area contributed by atoms with Crippen LogP contribution in [0.5, 0.6) is 0 Å². The number of hydrogen-bond acceptors (Lipinski definition) is 5. The van der Waals surface area contributed by atoms with Gasteiger partial charge in [-0.25, -0.2) is 9.78 Å². The van der Waals surface area contributed by atoms with Gasteiger partial charge in [0.1, 0.15) is 5.82 Å². The van der Waals surface area contributed by atoms with Crippen molar-refractivity contribution < 1.29 is 14.3 Å². The molecule has 0 aliphatic heterocycles. The number of pyridine rings is 1. The first kappa shape index (κ1) is 19.1. The average Bonchev–Trinajstić information content (AvgIpc) is 2.71. The van der Waals surface area contributed by atoms with Crippen LogP contribution < -0.4 is 10.6 Å². The van der Waals surface area contributed by atoms with Crippen LogP contribution in [0.1, 0.15) is 21.5 Å². The first-order chi connectivity index (χ1) is 13.5. The van der Waals surface area contributed by atoms with Gasteiger partial charge in [0.05, 0.1) is 36.7 Å². The standard InChI is InChI=1S/C22H21N3O3/c1-15-7-9-16(10-8-15)13-21(26)24-17-11-12-20(23-14-17)25-19-6-4-3-5-18(19)22(27)28-2/h3-12,14H,13H2,1-2H3,(H,23,25)(H,24,26). The number of aromatic nitrogens is 1. The van der Waals surface area contributed by atoms with Gasteiger partial charge >= 0.3 is 5.97 Å². The van der Waals surface area contributed by atoms with Gasteiger partial charge in [-0.2, -0.15) is 0 Å². The summed E-state index contributed by atoms with van der Waals surface area (Å²) >= 11 is 0. The minimum atomic E-state index is -0.428. The predicted molar refractivity (Wildman–Crippen MR) is 109 cm³/mol. The molecule has 3 rings (SSSR count). The number of anilines is 3. The van der Waals surface area contributed by atoms with Crippen molar-refractivity contribution in [2.24, 2.45) is 0 Å². The van der Waals surface area contributed by atoms with E-state index < -0.39 is 5.97 Å². The maximum Gasteiger partial charge on any atom is 0.339 e. The summed E-state index contributed by atoms with van der Waals surface area (Å²) in [6.45, 7) is 2.01. The molecule has 0 aliphatic rings. The molecule has 0 fully saturated rings. The van der Waals surface area contributed by atoms with E-state index in [4.69, 9.17) is 4.74 Å². The Morgan fingerprint density at radius 3 is 2.43 bits per heavy atom. The molecule has 0 bridgehead atoms. The fourth-order valence-electron chi connectivity index (χ4n) is 2.66. The molecule has 0 aliphatic carbocycles. The summed E-state index contributed by atoms with van der Waals surface area (Å²) in [5.74, 6) is 0.0124. The lowest BCUT2D eigenvalue weighted by molar-refractivity contribution is -0.115. The Labute approximate surface area is 163 Å². The SMILES string of the molecule is COC(=O)c1ccccc1Nc1ccc(NC(=O)Cc2ccc(C)cc2)cn1. The molecule has 0 unspecified atom stereocenters. The molecule has 142 valence electrons. The topological polar surface area (TPSA) is 80.3 Å². The Kier molecular flexibility index (Phi) is 6.01. The van der Waals surface area contributed by atoms with Gasteiger partial charge in [-0.15, -0.1) is 0 Å². The first-order valence-electron chi connectivity index (χ1n) is 8.81. The largest absolute Gasteiger partial charge is 0.465 e. The maximum absolute atomic E-state index is 12.2. The molecule has 2 aromatic carbocycles. The molecule has 1 amide bonds. The number of hydrogen-bond donors (Lipinski definition) is 2. The van der Waals surface area contributed by atoms with Gasteiger partial charge in [-0.1, -0.05) is 42.0 Å². The quantitative estimate of drug-likeness (QED) is 0.634. The third-order valence-electron chi connectivity index (χ3n) is 4.13. The number of carbonyl (C=O) groups excluding carboxylic acids is 2. The molecule has 1 heterocycles. The number of rotatable bonds is 6. The second kappa shape index (κ2) is 8.81. The van der Waals surface area contributed by atoms with E-state index in [9.17, 15) is 9.59 Å². The molecular weight excluding hydrogens is 354 g/mol. The number of methoxy groups -OCH3 is 1. The van der Waals surface area contributed by atoms with Gasteiger partial charge in [0.25, 0.3) is 0 Å².